The second kappa shape index (κ2) is 5.01. The second-order valence-electron chi connectivity index (χ2n) is 9.06. The number of nitrogens with zero attached hydrogens (tertiary/aromatic N) is 2. The molecule has 1 aliphatic heterocycles. The Balaban J connectivity index is 1.95. The molecular formula is C26H20FN2O+. The minimum atomic E-state index is -0.254. The van der Waals surface area contributed by atoms with Crippen LogP contribution in [0.3, 0.4) is 0 Å². The summed E-state index contributed by atoms with van der Waals surface area (Å²) in [7, 11) is 0. The molecule has 4 heterocycles. The van der Waals surface area contributed by atoms with Gasteiger partial charge in [-0.1, -0.05) is 37.3 Å². The van der Waals surface area contributed by atoms with E-state index in [1.807, 2.05) is 24.3 Å². The standard InChI is InChI=1S/C26H20FN2O/c1-14-18-12-15(27)13-19-16-8-4-6-10-20(16)28-24(22(18)19)29(26(14,2)3)23-17-9-5-7-11-21(17)30-25(23)28/h4-14H,1-3H3/q+1. The van der Waals surface area contributed by atoms with Gasteiger partial charge in [0.1, 0.15) is 22.5 Å². The number of halogens is 1. The van der Waals surface area contributed by atoms with E-state index < -0.39 is 0 Å². The molecule has 3 aromatic carbocycles. The monoisotopic (exact) mass is 395 g/mol. The van der Waals surface area contributed by atoms with Crippen molar-refractivity contribution in [1.82, 2.24) is 4.40 Å². The summed E-state index contributed by atoms with van der Waals surface area (Å²) in [5.41, 5.74) is 5.77. The molecule has 30 heavy (non-hydrogen) atoms. The van der Waals surface area contributed by atoms with Gasteiger partial charge in [-0.25, -0.2) is 8.96 Å². The molecule has 0 radical (unpaired) electrons. The Morgan fingerprint density at radius 1 is 0.967 bits per heavy atom. The average molecular weight is 395 g/mol. The van der Waals surface area contributed by atoms with E-state index in [1.165, 1.54) is 0 Å². The minimum Gasteiger partial charge on any atom is -0.419 e. The van der Waals surface area contributed by atoms with E-state index in [4.69, 9.17) is 4.42 Å². The Morgan fingerprint density at radius 2 is 1.70 bits per heavy atom. The smallest absolute Gasteiger partial charge is 0.344 e. The summed E-state index contributed by atoms with van der Waals surface area (Å²) in [6, 6.07) is 19.9. The first-order valence-corrected chi connectivity index (χ1v) is 10.4. The summed E-state index contributed by atoms with van der Waals surface area (Å²) in [4.78, 5) is 0. The summed E-state index contributed by atoms with van der Waals surface area (Å²) in [6.07, 6.45) is 0. The van der Waals surface area contributed by atoms with Gasteiger partial charge in [0.05, 0.1) is 10.8 Å². The summed E-state index contributed by atoms with van der Waals surface area (Å²) < 4.78 is 25.9. The van der Waals surface area contributed by atoms with Gasteiger partial charge in [0, 0.05) is 16.7 Å². The van der Waals surface area contributed by atoms with Crippen molar-refractivity contribution in [2.75, 3.05) is 0 Å². The lowest BCUT2D eigenvalue weighted by Gasteiger charge is -2.34. The van der Waals surface area contributed by atoms with Crippen LogP contribution in [-0.4, -0.2) is 4.40 Å². The van der Waals surface area contributed by atoms with Crippen molar-refractivity contribution in [3.63, 3.8) is 0 Å². The molecule has 1 aliphatic rings. The van der Waals surface area contributed by atoms with Gasteiger partial charge in [0.2, 0.25) is 5.52 Å². The van der Waals surface area contributed by atoms with Crippen LogP contribution < -0.4 is 4.57 Å². The highest BCUT2D eigenvalue weighted by Gasteiger charge is 2.46. The molecule has 146 valence electrons. The van der Waals surface area contributed by atoms with Crippen molar-refractivity contribution in [2.45, 2.75) is 32.2 Å². The fraction of sp³-hybridized carbons (Fsp3) is 0.192. The van der Waals surface area contributed by atoms with Gasteiger partial charge in [-0.3, -0.25) is 0 Å². The molecule has 3 nitrogen and oxygen atoms in total. The summed E-state index contributed by atoms with van der Waals surface area (Å²) in [6.45, 7) is 6.69. The summed E-state index contributed by atoms with van der Waals surface area (Å²) in [5, 5.41) is 4.24. The number of aromatic nitrogens is 2. The number of fused-ring (bicyclic) bond motifs is 8. The Hall–Kier alpha value is -3.40. The first-order chi connectivity index (χ1) is 14.5. The number of hydrogen-bond acceptors (Lipinski definition) is 1. The molecule has 0 N–H and O–H groups in total. The number of furan rings is 1. The number of rotatable bonds is 0. The molecule has 4 heteroatoms. The molecule has 0 fully saturated rings. The van der Waals surface area contributed by atoms with Gasteiger partial charge in [-0.05, 0) is 49.7 Å². The highest BCUT2D eigenvalue weighted by atomic mass is 19.1. The third-order valence-corrected chi connectivity index (χ3v) is 7.30. The lowest BCUT2D eigenvalue weighted by molar-refractivity contribution is -0.715. The first kappa shape index (κ1) is 16.4. The maximum Gasteiger partial charge on any atom is 0.344 e. The molecule has 0 spiro atoms. The van der Waals surface area contributed by atoms with E-state index in [1.54, 1.807) is 12.1 Å². The van der Waals surface area contributed by atoms with Crippen molar-refractivity contribution >= 4 is 49.5 Å². The Kier molecular flexibility index (Phi) is 2.74. The minimum absolute atomic E-state index is 0.137. The third kappa shape index (κ3) is 1.67. The number of para-hydroxylation sites is 2. The van der Waals surface area contributed by atoms with E-state index in [-0.39, 0.29) is 17.3 Å². The molecule has 6 aromatic rings. The largest absolute Gasteiger partial charge is 0.419 e. The van der Waals surface area contributed by atoms with Gasteiger partial charge in [-0.15, -0.1) is 0 Å². The lowest BCUT2D eigenvalue weighted by atomic mass is 9.78. The molecule has 0 saturated heterocycles. The Labute approximate surface area is 171 Å². The zero-order valence-electron chi connectivity index (χ0n) is 17.0. The lowest BCUT2D eigenvalue weighted by Crippen LogP contribution is -2.57. The number of benzene rings is 3. The molecule has 7 rings (SSSR count). The topological polar surface area (TPSA) is 21.4 Å². The van der Waals surface area contributed by atoms with Crippen LogP contribution in [0.15, 0.2) is 65.1 Å². The van der Waals surface area contributed by atoms with Crippen LogP contribution in [0.2, 0.25) is 0 Å². The van der Waals surface area contributed by atoms with Crippen LogP contribution in [0.5, 0.6) is 0 Å². The highest BCUT2D eigenvalue weighted by Crippen LogP contribution is 2.46. The zero-order chi connectivity index (χ0) is 20.4. The molecule has 1 atom stereocenters. The average Bonchev–Trinajstić information content (AvgIpc) is 3.27. The Morgan fingerprint density at radius 3 is 2.53 bits per heavy atom. The third-order valence-electron chi connectivity index (χ3n) is 7.30. The Bertz CT molecular complexity index is 1700. The van der Waals surface area contributed by atoms with E-state index in [0.29, 0.717) is 0 Å². The van der Waals surface area contributed by atoms with Crippen LogP contribution in [0.1, 0.15) is 32.3 Å². The van der Waals surface area contributed by atoms with Crippen LogP contribution in [0, 0.1) is 5.82 Å². The normalized spacial score (nSPS) is 17.9. The van der Waals surface area contributed by atoms with Gasteiger partial charge in [0.15, 0.2) is 0 Å². The van der Waals surface area contributed by atoms with Crippen molar-refractivity contribution < 1.29 is 13.4 Å². The van der Waals surface area contributed by atoms with Crippen molar-refractivity contribution in [2.24, 2.45) is 0 Å². The molecular weight excluding hydrogens is 375 g/mol. The van der Waals surface area contributed by atoms with Gasteiger partial charge >= 0.3 is 5.71 Å². The van der Waals surface area contributed by atoms with Crippen LogP contribution in [0.25, 0.3) is 49.5 Å². The maximum absolute atomic E-state index is 14.8. The first-order valence-electron chi connectivity index (χ1n) is 10.4. The fourth-order valence-corrected chi connectivity index (χ4v) is 5.60. The summed E-state index contributed by atoms with van der Waals surface area (Å²) >= 11 is 0. The predicted octanol–water partition coefficient (Wildman–Crippen LogP) is 6.42. The summed E-state index contributed by atoms with van der Waals surface area (Å²) in [5.74, 6) is -0.0405. The molecule has 3 aromatic heterocycles. The SMILES string of the molecule is CC1c2cc(F)cc3c4ccccc4n4c5oc6ccccc6c5[n+](c4c23)C1(C)C. The second-order valence-corrected chi connectivity index (χ2v) is 9.06. The van der Waals surface area contributed by atoms with E-state index in [9.17, 15) is 4.39 Å². The highest BCUT2D eigenvalue weighted by molar-refractivity contribution is 6.15. The van der Waals surface area contributed by atoms with E-state index >= 15 is 0 Å². The van der Waals surface area contributed by atoms with Crippen molar-refractivity contribution in [3.05, 3.63) is 72.0 Å². The maximum atomic E-state index is 14.8. The van der Waals surface area contributed by atoms with Crippen LogP contribution in [-0.2, 0) is 5.54 Å². The number of imidazole rings is 1. The van der Waals surface area contributed by atoms with Crippen molar-refractivity contribution in [1.29, 1.82) is 0 Å². The predicted molar refractivity (Wildman–Crippen MR) is 118 cm³/mol. The van der Waals surface area contributed by atoms with Crippen molar-refractivity contribution in [3.8, 4) is 0 Å². The molecule has 0 aliphatic carbocycles. The van der Waals surface area contributed by atoms with Gasteiger partial charge in [0.25, 0.3) is 5.65 Å². The van der Waals surface area contributed by atoms with Crippen LogP contribution in [0.4, 0.5) is 4.39 Å². The van der Waals surface area contributed by atoms with E-state index in [0.717, 1.165) is 55.1 Å². The van der Waals surface area contributed by atoms with Crippen LogP contribution >= 0.6 is 0 Å². The quantitative estimate of drug-likeness (QED) is 0.215. The molecule has 0 amide bonds. The van der Waals surface area contributed by atoms with E-state index in [2.05, 4.69) is 54.0 Å². The van der Waals surface area contributed by atoms with Gasteiger partial charge < -0.3 is 4.42 Å². The number of hydrogen-bond donors (Lipinski definition) is 0. The fourth-order valence-electron chi connectivity index (χ4n) is 5.60. The molecule has 1 unspecified atom stereocenters. The molecule has 0 saturated carbocycles. The van der Waals surface area contributed by atoms with Gasteiger partial charge in [-0.2, -0.15) is 4.40 Å². The number of pyridine rings is 1. The molecule has 0 bridgehead atoms. The zero-order valence-corrected chi connectivity index (χ0v) is 17.0.